The van der Waals surface area contributed by atoms with Crippen molar-refractivity contribution in [1.82, 2.24) is 20.0 Å². The summed E-state index contributed by atoms with van der Waals surface area (Å²) < 4.78 is 15.3. The summed E-state index contributed by atoms with van der Waals surface area (Å²) in [7, 11) is 0. The number of hydrogen-bond donors (Lipinski definition) is 2. The summed E-state index contributed by atoms with van der Waals surface area (Å²) in [6.07, 6.45) is 0. The summed E-state index contributed by atoms with van der Waals surface area (Å²) in [6, 6.07) is 12.8. The molecule has 3 amide bonds. The molecule has 34 heavy (non-hydrogen) atoms. The zero-order chi connectivity index (χ0) is 24.6. The van der Waals surface area contributed by atoms with Gasteiger partial charge in [0.1, 0.15) is 11.5 Å². The van der Waals surface area contributed by atoms with Crippen LogP contribution >= 0.6 is 11.6 Å². The molecule has 1 aromatic heterocycles. The van der Waals surface area contributed by atoms with E-state index in [2.05, 4.69) is 16.5 Å². The summed E-state index contributed by atoms with van der Waals surface area (Å²) >= 11 is 5.91. The summed E-state index contributed by atoms with van der Waals surface area (Å²) in [5.41, 5.74) is 7.77. The molecular weight excluding hydrogens is 459 g/mol. The zero-order valence-electron chi connectivity index (χ0n) is 18.6. The Hall–Kier alpha value is -3.90. The lowest BCUT2D eigenvalue weighted by atomic mass is 9.93. The summed E-state index contributed by atoms with van der Waals surface area (Å²) in [5.74, 6) is -1.28. The number of nitrogens with two attached hydrogens (primary N) is 1. The van der Waals surface area contributed by atoms with E-state index >= 15 is 0 Å². The standard InChI is InChI=1S/C24H22ClFN6O2/c1-24(2,16-6-3-14(12-27)4-7-16)29-23(34)31-9-10-32-19(13-31)20(22(28)33)21(30-32)15-5-8-18(26)17(25)11-15/h3-8,11H,9-10,13H2,1-2H3,(H2,28,33)(H,29,34). The molecule has 0 spiro atoms. The molecule has 0 unspecified atom stereocenters. The molecule has 3 N–H and O–H groups in total. The number of fused-ring (bicyclic) bond motifs is 1. The first kappa shape index (κ1) is 23.3. The lowest BCUT2D eigenvalue weighted by Crippen LogP contribution is -2.50. The van der Waals surface area contributed by atoms with E-state index in [1.54, 1.807) is 33.8 Å². The minimum Gasteiger partial charge on any atom is -0.365 e. The van der Waals surface area contributed by atoms with Crippen LogP contribution in [-0.2, 0) is 18.6 Å². The molecule has 1 aliphatic heterocycles. The molecule has 10 heteroatoms. The van der Waals surface area contributed by atoms with Gasteiger partial charge < -0.3 is 16.0 Å². The number of hydrogen-bond acceptors (Lipinski definition) is 4. The Bertz CT molecular complexity index is 1330. The van der Waals surface area contributed by atoms with Crippen molar-refractivity contribution >= 4 is 23.5 Å². The second kappa shape index (κ2) is 8.80. The maximum atomic E-state index is 13.6. The molecule has 0 fully saturated rings. The predicted molar refractivity (Wildman–Crippen MR) is 124 cm³/mol. The fourth-order valence-electron chi connectivity index (χ4n) is 3.98. The molecule has 3 aromatic rings. The van der Waals surface area contributed by atoms with Crippen molar-refractivity contribution in [3.63, 3.8) is 0 Å². The van der Waals surface area contributed by atoms with E-state index in [1.807, 2.05) is 13.8 Å². The third-order valence-electron chi connectivity index (χ3n) is 5.86. The zero-order valence-corrected chi connectivity index (χ0v) is 19.4. The number of nitriles is 1. The van der Waals surface area contributed by atoms with Crippen molar-refractivity contribution in [3.05, 3.63) is 75.7 Å². The fraction of sp³-hybridized carbons (Fsp3) is 0.250. The molecule has 2 aromatic carbocycles. The van der Waals surface area contributed by atoms with Crippen LogP contribution in [0.5, 0.6) is 0 Å². The number of carbonyl (C=O) groups is 2. The molecule has 174 valence electrons. The van der Waals surface area contributed by atoms with E-state index in [0.29, 0.717) is 35.6 Å². The Morgan fingerprint density at radius 1 is 1.21 bits per heavy atom. The molecule has 0 atom stereocenters. The van der Waals surface area contributed by atoms with Crippen LogP contribution in [0.1, 0.15) is 41.0 Å². The summed E-state index contributed by atoms with van der Waals surface area (Å²) in [5, 5.41) is 16.4. The van der Waals surface area contributed by atoms with E-state index in [0.717, 1.165) is 5.56 Å². The van der Waals surface area contributed by atoms with Gasteiger partial charge in [-0.05, 0) is 49.7 Å². The average molecular weight is 481 g/mol. The molecule has 0 radical (unpaired) electrons. The van der Waals surface area contributed by atoms with Crippen LogP contribution in [0.3, 0.4) is 0 Å². The highest BCUT2D eigenvalue weighted by Gasteiger charge is 2.32. The molecular formula is C24H22ClFN6O2. The summed E-state index contributed by atoms with van der Waals surface area (Å²) in [4.78, 5) is 27.0. The van der Waals surface area contributed by atoms with Gasteiger partial charge in [0.25, 0.3) is 5.91 Å². The van der Waals surface area contributed by atoms with Crippen molar-refractivity contribution < 1.29 is 14.0 Å². The molecule has 0 aliphatic carbocycles. The van der Waals surface area contributed by atoms with Crippen LogP contribution < -0.4 is 11.1 Å². The van der Waals surface area contributed by atoms with Gasteiger partial charge in [-0.1, -0.05) is 23.7 Å². The minimum absolute atomic E-state index is 0.0927. The maximum Gasteiger partial charge on any atom is 0.318 e. The largest absolute Gasteiger partial charge is 0.365 e. The van der Waals surface area contributed by atoms with Crippen LogP contribution in [0.2, 0.25) is 5.02 Å². The Morgan fingerprint density at radius 2 is 1.91 bits per heavy atom. The Balaban J connectivity index is 1.59. The second-order valence-electron chi connectivity index (χ2n) is 8.55. The van der Waals surface area contributed by atoms with Crippen LogP contribution in [0, 0.1) is 17.1 Å². The molecule has 1 aliphatic rings. The highest BCUT2D eigenvalue weighted by atomic mass is 35.5. The average Bonchev–Trinajstić information content (AvgIpc) is 3.19. The molecule has 0 bridgehead atoms. The van der Waals surface area contributed by atoms with E-state index in [-0.39, 0.29) is 23.2 Å². The number of benzene rings is 2. The number of nitrogens with one attached hydrogen (secondary N) is 1. The van der Waals surface area contributed by atoms with Crippen LogP contribution in [0.15, 0.2) is 42.5 Å². The smallest absolute Gasteiger partial charge is 0.318 e. The van der Waals surface area contributed by atoms with Gasteiger partial charge in [-0.15, -0.1) is 0 Å². The molecule has 0 saturated heterocycles. The quantitative estimate of drug-likeness (QED) is 0.591. The van der Waals surface area contributed by atoms with Crippen LogP contribution in [0.25, 0.3) is 11.3 Å². The first-order valence-electron chi connectivity index (χ1n) is 10.5. The van der Waals surface area contributed by atoms with Crippen molar-refractivity contribution in [3.8, 4) is 17.3 Å². The number of rotatable bonds is 4. The van der Waals surface area contributed by atoms with Crippen molar-refractivity contribution in [2.24, 2.45) is 5.73 Å². The number of carbonyl (C=O) groups excluding carboxylic acids is 2. The van der Waals surface area contributed by atoms with Crippen LogP contribution in [0.4, 0.5) is 9.18 Å². The van der Waals surface area contributed by atoms with E-state index in [9.17, 15) is 14.0 Å². The second-order valence-corrected chi connectivity index (χ2v) is 8.96. The van der Waals surface area contributed by atoms with E-state index < -0.39 is 17.3 Å². The van der Waals surface area contributed by atoms with Crippen molar-refractivity contribution in [2.45, 2.75) is 32.5 Å². The van der Waals surface area contributed by atoms with Crippen molar-refractivity contribution in [2.75, 3.05) is 6.54 Å². The van der Waals surface area contributed by atoms with Gasteiger partial charge in [0.15, 0.2) is 0 Å². The number of urea groups is 1. The van der Waals surface area contributed by atoms with Gasteiger partial charge in [-0.2, -0.15) is 10.4 Å². The third-order valence-corrected chi connectivity index (χ3v) is 6.15. The monoisotopic (exact) mass is 480 g/mol. The van der Waals surface area contributed by atoms with Gasteiger partial charge >= 0.3 is 6.03 Å². The van der Waals surface area contributed by atoms with E-state index in [1.165, 1.54) is 18.2 Å². The number of primary amides is 1. The fourth-order valence-corrected chi connectivity index (χ4v) is 4.16. The van der Waals surface area contributed by atoms with E-state index in [4.69, 9.17) is 22.6 Å². The van der Waals surface area contributed by atoms with Crippen LogP contribution in [-0.4, -0.2) is 33.2 Å². The van der Waals surface area contributed by atoms with Gasteiger partial charge in [0.2, 0.25) is 0 Å². The normalized spacial score (nSPS) is 13.2. The van der Waals surface area contributed by atoms with Gasteiger partial charge in [-0.3, -0.25) is 9.48 Å². The highest BCUT2D eigenvalue weighted by Crippen LogP contribution is 2.31. The highest BCUT2D eigenvalue weighted by molar-refractivity contribution is 6.31. The SMILES string of the molecule is CC(C)(NC(=O)N1CCn2nc(-c3ccc(F)c(Cl)c3)c(C(N)=O)c2C1)c1ccc(C#N)cc1. The first-order chi connectivity index (χ1) is 16.1. The number of halogens is 2. The maximum absolute atomic E-state index is 13.6. The number of nitrogens with zero attached hydrogens (tertiary/aromatic N) is 4. The Kier molecular flexibility index (Phi) is 6.02. The Labute approximate surface area is 200 Å². The molecule has 0 saturated carbocycles. The molecule has 2 heterocycles. The van der Waals surface area contributed by atoms with Crippen molar-refractivity contribution in [1.29, 1.82) is 5.26 Å². The molecule has 4 rings (SSSR count). The minimum atomic E-state index is -0.703. The number of aromatic nitrogens is 2. The van der Waals surface area contributed by atoms with Gasteiger partial charge in [0, 0.05) is 12.1 Å². The Morgan fingerprint density at radius 3 is 2.53 bits per heavy atom. The lowest BCUT2D eigenvalue weighted by molar-refractivity contribution is 0.0997. The molecule has 8 nitrogen and oxygen atoms in total. The summed E-state index contributed by atoms with van der Waals surface area (Å²) in [6.45, 7) is 4.58. The van der Waals surface area contributed by atoms with Gasteiger partial charge in [-0.25, -0.2) is 9.18 Å². The number of amides is 3. The topological polar surface area (TPSA) is 117 Å². The predicted octanol–water partition coefficient (Wildman–Crippen LogP) is 3.77. The first-order valence-corrected chi connectivity index (χ1v) is 10.9. The van der Waals surface area contributed by atoms with Gasteiger partial charge in [0.05, 0.1) is 46.5 Å². The lowest BCUT2D eigenvalue weighted by Gasteiger charge is -2.33. The third kappa shape index (κ3) is 4.32.